The van der Waals surface area contributed by atoms with Crippen LogP contribution in [0.2, 0.25) is 0 Å². The van der Waals surface area contributed by atoms with Gasteiger partial charge in [0.1, 0.15) is 0 Å². The van der Waals surface area contributed by atoms with Gasteiger partial charge in [0.05, 0.1) is 6.61 Å². The van der Waals surface area contributed by atoms with Crippen molar-refractivity contribution in [3.63, 3.8) is 0 Å². The van der Waals surface area contributed by atoms with E-state index >= 15 is 0 Å². The Labute approximate surface area is 96.2 Å². The van der Waals surface area contributed by atoms with Gasteiger partial charge < -0.3 is 5.11 Å². The number of hydrogen-bond donors (Lipinski definition) is 1. The Morgan fingerprint density at radius 3 is 1.60 bits per heavy atom. The third kappa shape index (κ3) is 15.9. The van der Waals surface area contributed by atoms with E-state index in [9.17, 15) is 0 Å². The Hall–Kier alpha value is -0.820. The van der Waals surface area contributed by atoms with E-state index in [4.69, 9.17) is 5.11 Å². The molecule has 0 aromatic carbocycles. The fourth-order valence-electron chi connectivity index (χ4n) is 0.597. The molecule has 1 N–H and O–H groups in total. The minimum Gasteiger partial charge on any atom is -0.392 e. The van der Waals surface area contributed by atoms with Crippen LogP contribution in [0.25, 0.3) is 0 Å². The van der Waals surface area contributed by atoms with Crippen LogP contribution >= 0.6 is 0 Å². The van der Waals surface area contributed by atoms with Crippen LogP contribution in [0, 0.1) is 0 Å². The summed E-state index contributed by atoms with van der Waals surface area (Å²) in [6.07, 6.45) is 3.87. The summed E-state index contributed by atoms with van der Waals surface area (Å²) in [6, 6.07) is 0. The molecule has 0 aliphatic heterocycles. The average Bonchev–Trinajstić information content (AvgIpc) is 2.24. The third-order valence-corrected chi connectivity index (χ3v) is 1.34. The van der Waals surface area contributed by atoms with E-state index in [1.807, 2.05) is 60.6 Å². The van der Waals surface area contributed by atoms with E-state index in [2.05, 4.69) is 6.58 Å². The Morgan fingerprint density at radius 1 is 1.00 bits per heavy atom. The molecule has 0 radical (unpaired) electrons. The maximum atomic E-state index is 8.85. The van der Waals surface area contributed by atoms with Gasteiger partial charge in [-0.3, -0.25) is 0 Å². The monoisotopic (exact) mass is 212 g/mol. The van der Waals surface area contributed by atoms with Gasteiger partial charge in [0.25, 0.3) is 0 Å². The summed E-state index contributed by atoms with van der Waals surface area (Å²) in [5.74, 6) is 0. The molecule has 0 spiro atoms. The van der Waals surface area contributed by atoms with Crippen LogP contribution in [0.5, 0.6) is 0 Å². The Bertz CT molecular complexity index is 193. The number of allylic oxidation sites excluding steroid dienone is 3. The highest BCUT2D eigenvalue weighted by Crippen LogP contribution is 2.06. The first-order valence-electron chi connectivity index (χ1n) is 5.68. The molecule has 0 saturated carbocycles. The standard InChI is InChI=1S/C10H16O.2C2H6/c1-8(2)5-6-10(7-11)9(3)4;2*1-2/h5-6,11H,3,7H2,1-2,4H3;2*1-2H3/b10-6-;;. The first-order chi connectivity index (χ1) is 7.07. The fraction of sp³-hybridized carbons (Fsp3) is 0.571. The van der Waals surface area contributed by atoms with Gasteiger partial charge in [-0.2, -0.15) is 0 Å². The van der Waals surface area contributed by atoms with E-state index in [-0.39, 0.29) is 6.61 Å². The van der Waals surface area contributed by atoms with Gasteiger partial charge in [-0.05, 0) is 26.3 Å². The molecule has 0 aliphatic carbocycles. The van der Waals surface area contributed by atoms with Crippen LogP contribution in [0.15, 0.2) is 35.5 Å². The predicted octanol–water partition coefficient (Wildman–Crippen LogP) is 4.50. The number of aliphatic hydroxyl groups excluding tert-OH is 1. The van der Waals surface area contributed by atoms with Crippen molar-refractivity contribution in [2.24, 2.45) is 0 Å². The normalized spacial score (nSPS) is 8.93. The lowest BCUT2D eigenvalue weighted by Crippen LogP contribution is -1.89. The quantitative estimate of drug-likeness (QED) is 0.683. The number of rotatable bonds is 3. The van der Waals surface area contributed by atoms with Gasteiger partial charge in [-0.1, -0.05) is 57.6 Å². The summed E-state index contributed by atoms with van der Waals surface area (Å²) >= 11 is 0. The average molecular weight is 212 g/mol. The van der Waals surface area contributed by atoms with Gasteiger partial charge >= 0.3 is 0 Å². The highest BCUT2D eigenvalue weighted by molar-refractivity contribution is 5.30. The maximum Gasteiger partial charge on any atom is 0.0684 e. The van der Waals surface area contributed by atoms with Gasteiger partial charge in [0.2, 0.25) is 0 Å². The second kappa shape index (κ2) is 15.6. The van der Waals surface area contributed by atoms with Crippen molar-refractivity contribution in [2.75, 3.05) is 6.61 Å². The predicted molar refractivity (Wildman–Crippen MR) is 72.1 cm³/mol. The number of hydrogen-bond acceptors (Lipinski definition) is 1. The van der Waals surface area contributed by atoms with Crippen LogP contribution in [0.1, 0.15) is 48.5 Å². The second-order valence-electron chi connectivity index (χ2n) is 2.87. The van der Waals surface area contributed by atoms with Crippen molar-refractivity contribution < 1.29 is 5.11 Å². The summed E-state index contributed by atoms with van der Waals surface area (Å²) < 4.78 is 0. The van der Waals surface area contributed by atoms with E-state index in [0.717, 1.165) is 11.1 Å². The van der Waals surface area contributed by atoms with Crippen molar-refractivity contribution in [1.82, 2.24) is 0 Å². The Balaban J connectivity index is -0.000000318. The molecular weight excluding hydrogens is 184 g/mol. The fourth-order valence-corrected chi connectivity index (χ4v) is 0.597. The summed E-state index contributed by atoms with van der Waals surface area (Å²) in [4.78, 5) is 0. The van der Waals surface area contributed by atoms with Crippen LogP contribution in [-0.4, -0.2) is 11.7 Å². The highest BCUT2D eigenvalue weighted by Gasteiger charge is 1.92. The molecule has 0 unspecified atom stereocenters. The van der Waals surface area contributed by atoms with Crippen LogP contribution in [0.4, 0.5) is 0 Å². The molecule has 0 aromatic rings. The summed E-state index contributed by atoms with van der Waals surface area (Å²) in [5, 5.41) is 8.85. The van der Waals surface area contributed by atoms with Crippen molar-refractivity contribution in [1.29, 1.82) is 0 Å². The first kappa shape index (κ1) is 19.7. The zero-order valence-electron chi connectivity index (χ0n) is 11.5. The van der Waals surface area contributed by atoms with Gasteiger partial charge in [-0.25, -0.2) is 0 Å². The summed E-state index contributed by atoms with van der Waals surface area (Å²) in [5.41, 5.74) is 3.04. The molecule has 0 atom stereocenters. The minimum absolute atomic E-state index is 0.0686. The molecule has 0 saturated heterocycles. The zero-order valence-corrected chi connectivity index (χ0v) is 11.5. The molecule has 1 nitrogen and oxygen atoms in total. The SMILES string of the molecule is C=C(C)/C(=C\C=C(C)C)CO.CC.CC. The molecule has 0 rings (SSSR count). The zero-order chi connectivity index (χ0) is 12.9. The second-order valence-corrected chi connectivity index (χ2v) is 2.87. The molecule has 0 heterocycles. The van der Waals surface area contributed by atoms with Crippen LogP contribution in [-0.2, 0) is 0 Å². The molecule has 0 bridgehead atoms. The van der Waals surface area contributed by atoms with Gasteiger partial charge in [0, 0.05) is 0 Å². The Kier molecular flexibility index (Phi) is 20.6. The van der Waals surface area contributed by atoms with E-state index in [1.54, 1.807) is 0 Å². The summed E-state index contributed by atoms with van der Waals surface area (Å²) in [6.45, 7) is 17.7. The van der Waals surface area contributed by atoms with E-state index < -0.39 is 0 Å². The lowest BCUT2D eigenvalue weighted by atomic mass is 10.1. The molecular formula is C14H28O. The molecule has 0 aliphatic rings. The molecule has 0 amide bonds. The lowest BCUT2D eigenvalue weighted by Gasteiger charge is -1.99. The van der Waals surface area contributed by atoms with Crippen LogP contribution in [0.3, 0.4) is 0 Å². The van der Waals surface area contributed by atoms with Crippen molar-refractivity contribution in [3.8, 4) is 0 Å². The highest BCUT2D eigenvalue weighted by atomic mass is 16.3. The molecule has 0 fully saturated rings. The maximum absolute atomic E-state index is 8.85. The van der Waals surface area contributed by atoms with Crippen molar-refractivity contribution >= 4 is 0 Å². The van der Waals surface area contributed by atoms with Gasteiger partial charge in [-0.15, -0.1) is 0 Å². The molecule has 0 aromatic heterocycles. The van der Waals surface area contributed by atoms with E-state index in [1.165, 1.54) is 5.57 Å². The third-order valence-electron chi connectivity index (χ3n) is 1.34. The van der Waals surface area contributed by atoms with Crippen molar-refractivity contribution in [3.05, 3.63) is 35.5 Å². The Morgan fingerprint density at radius 2 is 1.40 bits per heavy atom. The van der Waals surface area contributed by atoms with Gasteiger partial charge in [0.15, 0.2) is 0 Å². The molecule has 15 heavy (non-hydrogen) atoms. The largest absolute Gasteiger partial charge is 0.392 e. The molecule has 90 valence electrons. The summed E-state index contributed by atoms with van der Waals surface area (Å²) in [7, 11) is 0. The lowest BCUT2D eigenvalue weighted by molar-refractivity contribution is 0.333. The smallest absolute Gasteiger partial charge is 0.0684 e. The van der Waals surface area contributed by atoms with Crippen LogP contribution < -0.4 is 0 Å². The molecule has 1 heteroatoms. The van der Waals surface area contributed by atoms with Crippen molar-refractivity contribution in [2.45, 2.75) is 48.5 Å². The topological polar surface area (TPSA) is 20.2 Å². The van der Waals surface area contributed by atoms with E-state index in [0.29, 0.717) is 0 Å². The minimum atomic E-state index is 0.0686. The first-order valence-corrected chi connectivity index (χ1v) is 5.68. The number of aliphatic hydroxyl groups is 1.